The maximum absolute atomic E-state index is 13.5. The Kier molecular flexibility index (Phi) is 7.94. The predicted octanol–water partition coefficient (Wildman–Crippen LogP) is 4.00. The van der Waals surface area contributed by atoms with Crippen molar-refractivity contribution in [3.8, 4) is 11.5 Å². The van der Waals surface area contributed by atoms with Crippen molar-refractivity contribution in [2.24, 2.45) is 0 Å². The summed E-state index contributed by atoms with van der Waals surface area (Å²) < 4.78 is 27.8. The highest BCUT2D eigenvalue weighted by molar-refractivity contribution is 8.00. The van der Waals surface area contributed by atoms with E-state index in [9.17, 15) is 19.5 Å². The molecule has 10 nitrogen and oxygen atoms in total. The van der Waals surface area contributed by atoms with E-state index < -0.39 is 28.7 Å². The number of thioether (sulfide) groups is 1. The van der Waals surface area contributed by atoms with E-state index in [0.717, 1.165) is 27.6 Å². The quantitative estimate of drug-likeness (QED) is 0.162. The highest BCUT2D eigenvalue weighted by Gasteiger charge is 2.65. The van der Waals surface area contributed by atoms with E-state index in [1.165, 1.54) is 6.07 Å². The van der Waals surface area contributed by atoms with Gasteiger partial charge in [0.15, 0.2) is 6.10 Å². The van der Waals surface area contributed by atoms with Gasteiger partial charge in [0.25, 0.3) is 5.91 Å². The number of nitrogens with zero attached hydrogens (tertiary/aromatic N) is 1. The molecule has 3 aromatic carbocycles. The van der Waals surface area contributed by atoms with Crippen LogP contribution in [0.15, 0.2) is 105 Å². The fourth-order valence-electron chi connectivity index (χ4n) is 4.84. The third kappa shape index (κ3) is 5.74. The lowest BCUT2D eigenvalue weighted by atomic mass is 10.0. The largest absolute Gasteiger partial charge is 0.497 e. The van der Waals surface area contributed by atoms with Crippen molar-refractivity contribution >= 4 is 34.6 Å². The molecule has 43 heavy (non-hydrogen) atoms. The van der Waals surface area contributed by atoms with Crippen molar-refractivity contribution < 1.29 is 38.1 Å². The van der Waals surface area contributed by atoms with Gasteiger partial charge in [-0.25, -0.2) is 9.59 Å². The molecule has 2 aliphatic rings. The predicted molar refractivity (Wildman–Crippen MR) is 157 cm³/mol. The van der Waals surface area contributed by atoms with Gasteiger partial charge in [0.05, 0.1) is 13.7 Å². The number of aliphatic hydroxyl groups is 1. The normalized spacial score (nSPS) is 19.5. The zero-order chi connectivity index (χ0) is 30.0. The highest BCUT2D eigenvalue weighted by atomic mass is 32.2. The van der Waals surface area contributed by atoms with E-state index in [2.05, 4.69) is 0 Å². The van der Waals surface area contributed by atoms with E-state index in [4.69, 9.17) is 23.4 Å². The maximum Gasteiger partial charge on any atom is 0.355 e. The second-order valence-electron chi connectivity index (χ2n) is 9.92. The molecule has 0 radical (unpaired) electrons. The number of β-lactam (4-membered cyclic amide) rings is 1. The third-order valence-corrected chi connectivity index (χ3v) is 8.43. The van der Waals surface area contributed by atoms with Gasteiger partial charge in [-0.05, 0) is 41.5 Å². The van der Waals surface area contributed by atoms with E-state index >= 15 is 0 Å². The van der Waals surface area contributed by atoms with Crippen molar-refractivity contribution in [1.82, 2.24) is 4.90 Å². The summed E-state index contributed by atoms with van der Waals surface area (Å²) in [6.45, 7) is -0.0351. The molecule has 0 aliphatic carbocycles. The van der Waals surface area contributed by atoms with Crippen molar-refractivity contribution in [3.63, 3.8) is 0 Å². The number of hydrogen-bond acceptors (Lipinski definition) is 10. The van der Waals surface area contributed by atoms with E-state index in [1.54, 1.807) is 55.6 Å². The van der Waals surface area contributed by atoms with Crippen LogP contribution in [0, 0.1) is 0 Å². The van der Waals surface area contributed by atoms with E-state index in [1.807, 2.05) is 30.3 Å². The Morgan fingerprint density at radius 3 is 2.44 bits per heavy atom. The molecule has 3 heterocycles. The maximum atomic E-state index is 13.5. The highest BCUT2D eigenvalue weighted by Crippen LogP contribution is 2.49. The molecule has 6 rings (SSSR count). The molecule has 2 atom stereocenters. The van der Waals surface area contributed by atoms with Gasteiger partial charge in [-0.15, -0.1) is 0 Å². The number of benzene rings is 3. The first-order valence-electron chi connectivity index (χ1n) is 13.4. The summed E-state index contributed by atoms with van der Waals surface area (Å²) in [6, 6.07) is 24.3. The minimum Gasteiger partial charge on any atom is -0.497 e. The molecular formula is C32H27NO9S. The molecule has 1 saturated heterocycles. The number of carbonyl (C=O) groups is 2. The van der Waals surface area contributed by atoms with Gasteiger partial charge in [0, 0.05) is 28.8 Å². The van der Waals surface area contributed by atoms with Crippen LogP contribution in [0.5, 0.6) is 11.5 Å². The lowest BCUT2D eigenvalue weighted by Crippen LogP contribution is -2.75. The van der Waals surface area contributed by atoms with Crippen LogP contribution in [0.4, 0.5) is 0 Å². The summed E-state index contributed by atoms with van der Waals surface area (Å²) in [5.41, 5.74) is 1.77. The SMILES string of the molecule is COc1ccc(COC(=O)C2=C(COc3ccc4ccc(=O)oc4c3)CS[C@]3(O)[C@@H](OCc4ccccc4)C(=O)N23)cc1. The number of ether oxygens (including phenoxy) is 4. The van der Waals surface area contributed by atoms with Gasteiger partial charge in [0.1, 0.15) is 36.0 Å². The zero-order valence-electron chi connectivity index (χ0n) is 23.1. The fraction of sp³-hybridized carbons (Fsp3) is 0.219. The van der Waals surface area contributed by atoms with Gasteiger partial charge in [-0.2, -0.15) is 0 Å². The van der Waals surface area contributed by atoms with Crippen LogP contribution in [0.3, 0.4) is 0 Å². The molecule has 11 heteroatoms. The molecule has 1 N–H and O–H groups in total. The Morgan fingerprint density at radius 2 is 1.67 bits per heavy atom. The first-order chi connectivity index (χ1) is 20.9. The summed E-state index contributed by atoms with van der Waals surface area (Å²) >= 11 is 1.07. The molecule has 1 fully saturated rings. The van der Waals surface area contributed by atoms with Gasteiger partial charge in [-0.1, -0.05) is 54.2 Å². The Morgan fingerprint density at radius 1 is 0.953 bits per heavy atom. The monoisotopic (exact) mass is 601 g/mol. The van der Waals surface area contributed by atoms with Crippen molar-refractivity contribution in [2.45, 2.75) is 24.4 Å². The minimum atomic E-state index is -1.80. The summed E-state index contributed by atoms with van der Waals surface area (Å²) in [6.07, 6.45) is -1.17. The summed E-state index contributed by atoms with van der Waals surface area (Å²) in [5, 5.41) is 10.5. The van der Waals surface area contributed by atoms with Crippen LogP contribution < -0.4 is 15.1 Å². The van der Waals surface area contributed by atoms with E-state index in [-0.39, 0.29) is 31.3 Å². The van der Waals surface area contributed by atoms with Crippen LogP contribution in [-0.2, 0) is 32.3 Å². The lowest BCUT2D eigenvalue weighted by Gasteiger charge is -2.54. The van der Waals surface area contributed by atoms with Crippen molar-refractivity contribution in [3.05, 3.63) is 118 Å². The third-order valence-electron chi connectivity index (χ3n) is 7.11. The molecule has 2 aliphatic heterocycles. The molecule has 4 aromatic rings. The van der Waals surface area contributed by atoms with Gasteiger partial charge >= 0.3 is 11.6 Å². The summed E-state index contributed by atoms with van der Waals surface area (Å²) in [7, 11) is 1.56. The topological polar surface area (TPSA) is 125 Å². The molecule has 0 unspecified atom stereocenters. The second-order valence-corrected chi connectivity index (χ2v) is 11.1. The number of rotatable bonds is 10. The first kappa shape index (κ1) is 28.5. The van der Waals surface area contributed by atoms with Crippen molar-refractivity contribution in [1.29, 1.82) is 0 Å². The first-order valence-corrected chi connectivity index (χ1v) is 14.4. The minimum absolute atomic E-state index is 0.0638. The lowest BCUT2D eigenvalue weighted by molar-refractivity contribution is -0.216. The second kappa shape index (κ2) is 12.0. The summed E-state index contributed by atoms with van der Waals surface area (Å²) in [5.74, 6) is -0.127. The number of esters is 1. The molecule has 220 valence electrons. The van der Waals surface area contributed by atoms with Crippen LogP contribution in [0.1, 0.15) is 11.1 Å². The zero-order valence-corrected chi connectivity index (χ0v) is 23.9. The van der Waals surface area contributed by atoms with Crippen LogP contribution >= 0.6 is 11.8 Å². The average Bonchev–Trinajstić information content (AvgIpc) is 3.03. The fourth-order valence-corrected chi connectivity index (χ4v) is 6.07. The van der Waals surface area contributed by atoms with Gasteiger partial charge in [-0.3, -0.25) is 9.69 Å². The Bertz CT molecular complexity index is 1750. The van der Waals surface area contributed by atoms with Crippen molar-refractivity contribution in [2.75, 3.05) is 19.5 Å². The molecule has 1 amide bonds. The Balaban J connectivity index is 1.24. The van der Waals surface area contributed by atoms with E-state index in [0.29, 0.717) is 28.2 Å². The van der Waals surface area contributed by atoms with Crippen LogP contribution in [-0.4, -0.2) is 52.5 Å². The average molecular weight is 602 g/mol. The molecule has 0 bridgehead atoms. The Hall–Kier alpha value is -4.58. The molecule has 0 saturated carbocycles. The molecular weight excluding hydrogens is 574 g/mol. The smallest absolute Gasteiger partial charge is 0.355 e. The standard InChI is InChI=1S/C32H27NO9S/c1-38-24-11-7-21(8-12-24)17-41-31(36)28-23(18-39-25-13-9-22-10-14-27(34)42-26(22)15-25)19-43-32(37)29(30(35)33(28)32)40-16-20-5-3-2-4-6-20/h2-15,29,37H,16-19H2,1H3/t29-,32+/m0/s1. The molecule has 0 spiro atoms. The van der Waals surface area contributed by atoms with Crippen LogP contribution in [0.2, 0.25) is 0 Å². The number of hydrogen-bond donors (Lipinski definition) is 1. The number of methoxy groups -OCH3 is 1. The van der Waals surface area contributed by atoms with Crippen LogP contribution in [0.25, 0.3) is 11.0 Å². The number of fused-ring (bicyclic) bond motifs is 2. The Labute approximate surface area is 250 Å². The molecule has 1 aromatic heterocycles. The summed E-state index contributed by atoms with van der Waals surface area (Å²) in [4.78, 5) is 39.6. The number of amides is 1. The van der Waals surface area contributed by atoms with Gasteiger partial charge < -0.3 is 28.5 Å². The number of carbonyl (C=O) groups excluding carboxylic acids is 2. The van der Waals surface area contributed by atoms with Gasteiger partial charge in [0.2, 0.25) is 5.06 Å².